The number of carbonyl (C=O) groups excluding carboxylic acids is 3. The molecule has 11 nitrogen and oxygen atoms in total. The molecule has 0 aliphatic carbocycles. The Morgan fingerprint density at radius 2 is 0.724 bits per heavy atom. The standard InChI is InChI=1S/C64H107O11P/c1-4-7-10-13-16-19-22-25-28-30-33-36-39-42-45-48-51-54-63(67)74-60(56-65)58-72-76(69,70)73-59-61(57-71-62(66)53-50-47-44-41-38-35-32-27-24-21-18-15-12-9-6-3)75-64(68)55-52-49-46-43-40-37-34-31-29-26-23-20-17-14-11-8-5-2/h8-9,11-12,17-18,20-21,26-27,29,32,34,37-38,41,47,50,60-61,65H,4-7,10,13-16,19,22-25,28,30-31,33,35-36,39-40,42-46,48-49,51-59H2,1-3H3,(H,69,70)/b11-8-,12-9-,20-17-,21-18-,29-26-,32-27-,37-34-,41-38-,50-47-. The van der Waals surface area contributed by atoms with Crippen molar-refractivity contribution >= 4 is 25.7 Å². The number of hydrogen-bond donors (Lipinski definition) is 2. The maximum absolute atomic E-state index is 12.9. The molecular weight excluding hydrogens is 976 g/mol. The first kappa shape index (κ1) is 72.1. The summed E-state index contributed by atoms with van der Waals surface area (Å²) >= 11 is 0. The number of esters is 3. The molecule has 0 saturated carbocycles. The Labute approximate surface area is 463 Å². The van der Waals surface area contributed by atoms with Crippen molar-refractivity contribution in [2.45, 2.75) is 251 Å². The Kier molecular flexibility index (Phi) is 54.4. The molecule has 0 aromatic rings. The maximum Gasteiger partial charge on any atom is 0.472 e. The molecule has 12 heteroatoms. The first-order valence-corrected chi connectivity index (χ1v) is 31.3. The number of ether oxygens (including phenoxy) is 3. The number of allylic oxidation sites excluding steroid dienone is 17. The second kappa shape index (κ2) is 57.3. The number of carbonyl (C=O) groups is 3. The molecule has 0 spiro atoms. The van der Waals surface area contributed by atoms with Gasteiger partial charge < -0.3 is 24.2 Å². The molecule has 0 aromatic carbocycles. The molecule has 0 amide bonds. The summed E-state index contributed by atoms with van der Waals surface area (Å²) in [6.07, 6.45) is 69.3. The Bertz CT molecular complexity index is 1690. The predicted molar refractivity (Wildman–Crippen MR) is 316 cm³/mol. The highest BCUT2D eigenvalue weighted by Crippen LogP contribution is 2.43. The number of unbranched alkanes of at least 4 members (excludes halogenated alkanes) is 20. The SMILES string of the molecule is CC/C=C\C/C=C\C/C=C\C/C=C\C/C=C\CC(=O)OCC(COP(=O)(O)OCC(CO)OC(=O)CCCCCCCCCCCCCCCCCCC)OC(=O)CCCCCC/C=C\C/C=C\C/C=C\C/C=C\CC. The summed E-state index contributed by atoms with van der Waals surface area (Å²) < 4.78 is 39.4. The zero-order chi connectivity index (χ0) is 55.5. The topological polar surface area (TPSA) is 155 Å². The number of aliphatic hydroxyl groups is 1. The molecule has 0 rings (SSSR count). The number of phosphoric acid groups is 1. The molecule has 0 aliphatic heterocycles. The third kappa shape index (κ3) is 54.9. The van der Waals surface area contributed by atoms with Crippen molar-refractivity contribution < 1.29 is 52.2 Å². The zero-order valence-electron chi connectivity index (χ0n) is 47.9. The minimum absolute atomic E-state index is 0.0155. The van der Waals surface area contributed by atoms with Crippen molar-refractivity contribution in [3.05, 3.63) is 109 Å². The first-order chi connectivity index (χ1) is 37.2. The minimum atomic E-state index is -4.78. The summed E-state index contributed by atoms with van der Waals surface area (Å²) in [7, 11) is -4.78. The van der Waals surface area contributed by atoms with Gasteiger partial charge in [-0.25, -0.2) is 4.57 Å². The third-order valence-electron chi connectivity index (χ3n) is 12.2. The molecule has 0 bridgehead atoms. The first-order valence-electron chi connectivity index (χ1n) is 29.8. The molecule has 0 radical (unpaired) electrons. The van der Waals surface area contributed by atoms with E-state index >= 15 is 0 Å². The van der Waals surface area contributed by atoms with Gasteiger partial charge in [-0.1, -0.05) is 246 Å². The molecule has 2 N–H and O–H groups in total. The molecule has 0 aromatic heterocycles. The van der Waals surface area contributed by atoms with E-state index < -0.39 is 64.4 Å². The fraction of sp³-hybridized carbons (Fsp3) is 0.672. The average molecular weight is 1080 g/mol. The van der Waals surface area contributed by atoms with Crippen LogP contribution < -0.4 is 0 Å². The van der Waals surface area contributed by atoms with Gasteiger partial charge in [0.2, 0.25) is 0 Å². The van der Waals surface area contributed by atoms with Gasteiger partial charge in [-0.3, -0.25) is 23.4 Å². The predicted octanol–water partition coefficient (Wildman–Crippen LogP) is 17.8. The fourth-order valence-corrected chi connectivity index (χ4v) is 8.56. The van der Waals surface area contributed by atoms with Crippen LogP contribution in [0, 0.1) is 0 Å². The van der Waals surface area contributed by atoms with Crippen LogP contribution in [0.25, 0.3) is 0 Å². The molecule has 76 heavy (non-hydrogen) atoms. The van der Waals surface area contributed by atoms with Gasteiger partial charge in [0.15, 0.2) is 6.10 Å². The molecule has 0 aliphatic rings. The van der Waals surface area contributed by atoms with Crippen LogP contribution in [-0.4, -0.2) is 66.5 Å². The molecule has 0 heterocycles. The van der Waals surface area contributed by atoms with Crippen LogP contribution in [0.5, 0.6) is 0 Å². The molecule has 0 fully saturated rings. The molecule has 3 atom stereocenters. The van der Waals surface area contributed by atoms with Gasteiger partial charge in [0.1, 0.15) is 12.7 Å². The van der Waals surface area contributed by atoms with E-state index in [1.165, 1.54) is 83.5 Å². The lowest BCUT2D eigenvalue weighted by molar-refractivity contribution is -0.161. The highest BCUT2D eigenvalue weighted by Gasteiger charge is 2.28. The van der Waals surface area contributed by atoms with Crippen molar-refractivity contribution in [3.8, 4) is 0 Å². The van der Waals surface area contributed by atoms with Crippen LogP contribution >= 0.6 is 7.82 Å². The normalized spacial score (nSPS) is 14.1. The fourth-order valence-electron chi connectivity index (χ4n) is 7.77. The Balaban J connectivity index is 4.82. The lowest BCUT2D eigenvalue weighted by Crippen LogP contribution is -2.30. The van der Waals surface area contributed by atoms with Crippen LogP contribution in [0.15, 0.2) is 109 Å². The van der Waals surface area contributed by atoms with E-state index in [9.17, 15) is 28.9 Å². The summed E-state index contributed by atoms with van der Waals surface area (Å²) in [4.78, 5) is 48.5. The van der Waals surface area contributed by atoms with Gasteiger partial charge in [-0.05, 0) is 83.5 Å². The highest BCUT2D eigenvalue weighted by molar-refractivity contribution is 7.47. The number of phosphoric ester groups is 1. The van der Waals surface area contributed by atoms with Gasteiger partial charge in [0.25, 0.3) is 0 Å². The second-order valence-corrected chi connectivity index (χ2v) is 20.9. The van der Waals surface area contributed by atoms with Gasteiger partial charge in [0.05, 0.1) is 26.2 Å². The number of aliphatic hydroxyl groups excluding tert-OH is 1. The molecular formula is C64H107O11P. The van der Waals surface area contributed by atoms with E-state index in [2.05, 4.69) is 112 Å². The molecule has 0 saturated heterocycles. The van der Waals surface area contributed by atoms with Crippen molar-refractivity contribution in [1.82, 2.24) is 0 Å². The summed E-state index contributed by atoms with van der Waals surface area (Å²) in [5.74, 6) is -1.65. The number of rotatable bonds is 54. The van der Waals surface area contributed by atoms with Gasteiger partial charge in [-0.15, -0.1) is 0 Å². The largest absolute Gasteiger partial charge is 0.472 e. The average Bonchev–Trinajstić information content (AvgIpc) is 3.41. The Morgan fingerprint density at radius 3 is 1.12 bits per heavy atom. The van der Waals surface area contributed by atoms with Crippen molar-refractivity contribution in [1.29, 1.82) is 0 Å². The second-order valence-electron chi connectivity index (χ2n) is 19.4. The van der Waals surface area contributed by atoms with E-state index in [4.69, 9.17) is 23.3 Å². The van der Waals surface area contributed by atoms with E-state index in [1.54, 1.807) is 6.08 Å². The summed E-state index contributed by atoms with van der Waals surface area (Å²) in [6.45, 7) is 4.29. The lowest BCUT2D eigenvalue weighted by Gasteiger charge is -2.21. The van der Waals surface area contributed by atoms with Gasteiger partial charge in [-0.2, -0.15) is 0 Å². The van der Waals surface area contributed by atoms with Crippen LogP contribution in [-0.2, 0) is 42.2 Å². The third-order valence-corrected chi connectivity index (χ3v) is 13.2. The van der Waals surface area contributed by atoms with E-state index in [1.807, 2.05) is 12.2 Å². The van der Waals surface area contributed by atoms with Gasteiger partial charge >= 0.3 is 25.7 Å². The maximum atomic E-state index is 12.9. The van der Waals surface area contributed by atoms with Crippen LogP contribution in [0.1, 0.15) is 239 Å². The highest BCUT2D eigenvalue weighted by atomic mass is 31.2. The quantitative estimate of drug-likeness (QED) is 0.0197. The monoisotopic (exact) mass is 1080 g/mol. The Morgan fingerprint density at radius 1 is 0.395 bits per heavy atom. The van der Waals surface area contributed by atoms with Crippen molar-refractivity contribution in [3.63, 3.8) is 0 Å². The zero-order valence-corrected chi connectivity index (χ0v) is 48.8. The minimum Gasteiger partial charge on any atom is -0.461 e. The van der Waals surface area contributed by atoms with Crippen molar-refractivity contribution in [2.24, 2.45) is 0 Å². The van der Waals surface area contributed by atoms with Crippen LogP contribution in [0.2, 0.25) is 0 Å². The smallest absolute Gasteiger partial charge is 0.461 e. The summed E-state index contributed by atoms with van der Waals surface area (Å²) in [5.41, 5.74) is 0. The lowest BCUT2D eigenvalue weighted by atomic mass is 10.0. The van der Waals surface area contributed by atoms with Crippen LogP contribution in [0.4, 0.5) is 0 Å². The van der Waals surface area contributed by atoms with E-state index in [-0.39, 0.29) is 19.3 Å². The van der Waals surface area contributed by atoms with Crippen molar-refractivity contribution in [2.75, 3.05) is 26.4 Å². The number of hydrogen-bond acceptors (Lipinski definition) is 10. The summed E-state index contributed by atoms with van der Waals surface area (Å²) in [5, 5.41) is 9.83. The van der Waals surface area contributed by atoms with Crippen LogP contribution in [0.3, 0.4) is 0 Å². The molecule has 3 unspecified atom stereocenters. The molecule has 434 valence electrons. The summed E-state index contributed by atoms with van der Waals surface area (Å²) in [6, 6.07) is 0. The van der Waals surface area contributed by atoms with Gasteiger partial charge in [0, 0.05) is 12.8 Å². The Hall–Kier alpha value is -3.86. The van der Waals surface area contributed by atoms with E-state index in [0.717, 1.165) is 96.3 Å². The van der Waals surface area contributed by atoms with E-state index in [0.29, 0.717) is 19.3 Å².